The van der Waals surface area contributed by atoms with Gasteiger partial charge in [-0.2, -0.15) is 0 Å². The Morgan fingerprint density at radius 3 is 2.33 bits per heavy atom. The number of likely N-dealkylation sites (N-methyl/N-ethyl adjacent to an activating group) is 1. The molecule has 0 amide bonds. The van der Waals surface area contributed by atoms with E-state index in [9.17, 15) is 17.2 Å². The van der Waals surface area contributed by atoms with E-state index >= 15 is 0 Å². The maximum atomic E-state index is 13.5. The summed E-state index contributed by atoms with van der Waals surface area (Å²) in [6, 6.07) is 8.17. The molecule has 0 aromatic heterocycles. The predicted octanol–water partition coefficient (Wildman–Crippen LogP) is 3.43. The Morgan fingerprint density at radius 1 is 0.926 bits per heavy atom. The van der Waals surface area contributed by atoms with Crippen LogP contribution in [0.1, 0.15) is 24.3 Å². The number of likely N-dealkylation sites (tertiary alicyclic amines) is 1. The van der Waals surface area contributed by atoms with E-state index in [4.69, 9.17) is 0 Å². The topological polar surface area (TPSA) is 40.6 Å². The monoisotopic (exact) mass is 392 g/mol. The molecule has 7 heteroatoms. The minimum absolute atomic E-state index is 0.124. The number of nitrogens with zero attached hydrogens (tertiary/aromatic N) is 2. The number of benzene rings is 2. The van der Waals surface area contributed by atoms with E-state index in [1.807, 2.05) is 6.07 Å². The van der Waals surface area contributed by atoms with Crippen molar-refractivity contribution in [2.45, 2.75) is 34.6 Å². The number of fused-ring (bicyclic) bond motifs is 3. The van der Waals surface area contributed by atoms with Gasteiger partial charge in [-0.05, 0) is 74.9 Å². The summed E-state index contributed by atoms with van der Waals surface area (Å²) in [5, 5.41) is 0. The SMILES string of the molecule is CN1CCC2[C@H](CC1)c1cc(S(=O)(=O)c3ccc(F)c(F)c3)ccc1N2C. The molecule has 0 saturated carbocycles. The van der Waals surface area contributed by atoms with Crippen molar-refractivity contribution in [2.24, 2.45) is 0 Å². The van der Waals surface area contributed by atoms with Crippen LogP contribution in [-0.2, 0) is 9.84 Å². The number of halogens is 2. The minimum atomic E-state index is -3.91. The first-order valence-electron chi connectivity index (χ1n) is 9.04. The van der Waals surface area contributed by atoms with Gasteiger partial charge in [0.15, 0.2) is 11.6 Å². The van der Waals surface area contributed by atoms with Crippen molar-refractivity contribution in [3.8, 4) is 0 Å². The van der Waals surface area contributed by atoms with Gasteiger partial charge >= 0.3 is 0 Å². The normalized spacial score (nSPS) is 23.0. The molecule has 1 fully saturated rings. The van der Waals surface area contributed by atoms with Crippen molar-refractivity contribution in [2.75, 3.05) is 32.1 Å². The first-order valence-corrected chi connectivity index (χ1v) is 10.5. The second-order valence-corrected chi connectivity index (χ2v) is 9.42. The summed E-state index contributed by atoms with van der Waals surface area (Å²) >= 11 is 0. The van der Waals surface area contributed by atoms with Crippen molar-refractivity contribution in [1.82, 2.24) is 4.90 Å². The van der Waals surface area contributed by atoms with Gasteiger partial charge in [-0.1, -0.05) is 0 Å². The number of anilines is 1. The molecule has 27 heavy (non-hydrogen) atoms. The highest BCUT2D eigenvalue weighted by atomic mass is 32.2. The molecule has 2 aliphatic heterocycles. The zero-order valence-electron chi connectivity index (χ0n) is 15.3. The van der Waals surface area contributed by atoms with E-state index in [0.717, 1.165) is 55.4 Å². The van der Waals surface area contributed by atoms with Gasteiger partial charge in [0, 0.05) is 24.7 Å². The van der Waals surface area contributed by atoms with E-state index < -0.39 is 21.5 Å². The van der Waals surface area contributed by atoms with Crippen LogP contribution in [0.5, 0.6) is 0 Å². The Hall–Kier alpha value is -1.99. The largest absolute Gasteiger partial charge is 0.371 e. The third-order valence-electron chi connectivity index (χ3n) is 5.88. The summed E-state index contributed by atoms with van der Waals surface area (Å²) in [6.45, 7) is 1.98. The summed E-state index contributed by atoms with van der Waals surface area (Å²) in [5.74, 6) is -1.95. The van der Waals surface area contributed by atoms with E-state index in [2.05, 4.69) is 23.9 Å². The highest BCUT2D eigenvalue weighted by molar-refractivity contribution is 7.91. The molecule has 0 spiro atoms. The molecule has 2 heterocycles. The molecule has 4 rings (SSSR count). The van der Waals surface area contributed by atoms with Crippen LogP contribution in [-0.4, -0.2) is 46.5 Å². The van der Waals surface area contributed by atoms with Gasteiger partial charge in [0.25, 0.3) is 0 Å². The lowest BCUT2D eigenvalue weighted by Crippen LogP contribution is -2.31. The first-order chi connectivity index (χ1) is 12.8. The quantitative estimate of drug-likeness (QED) is 0.735. The van der Waals surface area contributed by atoms with Gasteiger partial charge in [-0.15, -0.1) is 0 Å². The van der Waals surface area contributed by atoms with Crippen LogP contribution >= 0.6 is 0 Å². The molecular formula is C20H22F2N2O2S. The summed E-state index contributed by atoms with van der Waals surface area (Å²) in [5.41, 5.74) is 2.08. The van der Waals surface area contributed by atoms with E-state index in [0.29, 0.717) is 6.04 Å². The van der Waals surface area contributed by atoms with Crippen LogP contribution in [0.25, 0.3) is 0 Å². The number of rotatable bonds is 2. The van der Waals surface area contributed by atoms with Gasteiger partial charge in [-0.3, -0.25) is 0 Å². The average Bonchev–Trinajstić information content (AvgIpc) is 2.77. The second-order valence-electron chi connectivity index (χ2n) is 7.47. The van der Waals surface area contributed by atoms with Gasteiger partial charge in [0.05, 0.1) is 9.79 Å². The van der Waals surface area contributed by atoms with Gasteiger partial charge in [0.2, 0.25) is 9.84 Å². The number of sulfone groups is 1. The molecular weight excluding hydrogens is 370 g/mol. The van der Waals surface area contributed by atoms with Crippen molar-refractivity contribution in [1.29, 1.82) is 0 Å². The van der Waals surface area contributed by atoms with Crippen LogP contribution in [0.3, 0.4) is 0 Å². The fraction of sp³-hybridized carbons (Fsp3) is 0.400. The highest BCUT2D eigenvalue weighted by Crippen LogP contribution is 2.45. The summed E-state index contributed by atoms with van der Waals surface area (Å²) in [6.07, 6.45) is 1.99. The van der Waals surface area contributed by atoms with Crippen molar-refractivity contribution in [3.63, 3.8) is 0 Å². The maximum Gasteiger partial charge on any atom is 0.206 e. The molecule has 0 bridgehead atoms. The molecule has 144 valence electrons. The van der Waals surface area contributed by atoms with Crippen molar-refractivity contribution >= 4 is 15.5 Å². The third kappa shape index (κ3) is 3.02. The van der Waals surface area contributed by atoms with Crippen LogP contribution in [0, 0.1) is 11.6 Å². The smallest absolute Gasteiger partial charge is 0.206 e. The van der Waals surface area contributed by atoms with Crippen molar-refractivity contribution in [3.05, 3.63) is 53.6 Å². The third-order valence-corrected chi connectivity index (χ3v) is 7.63. The van der Waals surface area contributed by atoms with Crippen LogP contribution in [0.2, 0.25) is 0 Å². The Labute approximate surface area is 158 Å². The molecule has 2 aromatic rings. The van der Waals surface area contributed by atoms with Crippen LogP contribution in [0.15, 0.2) is 46.2 Å². The molecule has 0 radical (unpaired) electrons. The summed E-state index contributed by atoms with van der Waals surface area (Å²) in [4.78, 5) is 4.43. The molecule has 2 atom stereocenters. The zero-order valence-corrected chi connectivity index (χ0v) is 16.1. The minimum Gasteiger partial charge on any atom is -0.371 e. The average molecular weight is 392 g/mol. The summed E-state index contributed by atoms with van der Waals surface area (Å²) < 4.78 is 52.6. The highest BCUT2D eigenvalue weighted by Gasteiger charge is 2.38. The lowest BCUT2D eigenvalue weighted by Gasteiger charge is -2.25. The van der Waals surface area contributed by atoms with Gasteiger partial charge < -0.3 is 9.80 Å². The first kappa shape index (κ1) is 18.4. The molecule has 2 aliphatic rings. The van der Waals surface area contributed by atoms with E-state index in [1.54, 1.807) is 12.1 Å². The van der Waals surface area contributed by atoms with Crippen LogP contribution < -0.4 is 4.90 Å². The summed E-state index contributed by atoms with van der Waals surface area (Å²) in [7, 11) is 0.246. The standard InChI is InChI=1S/C20H22F2N2O2S/c1-23-9-7-15-16-11-13(4-6-19(16)24(2)20(15)8-10-23)27(25,26)14-3-5-17(21)18(22)12-14/h3-6,11-12,15,20H,7-10H2,1-2H3/t15-,20?/m1/s1. The van der Waals surface area contributed by atoms with Crippen LogP contribution in [0.4, 0.5) is 14.5 Å². The zero-order chi connectivity index (χ0) is 19.3. The Balaban J connectivity index is 1.76. The molecule has 0 N–H and O–H groups in total. The van der Waals surface area contributed by atoms with Gasteiger partial charge in [0.1, 0.15) is 0 Å². The maximum absolute atomic E-state index is 13.5. The number of hydrogen-bond donors (Lipinski definition) is 0. The molecule has 2 aromatic carbocycles. The molecule has 1 saturated heterocycles. The van der Waals surface area contributed by atoms with Crippen molar-refractivity contribution < 1.29 is 17.2 Å². The van der Waals surface area contributed by atoms with E-state index in [-0.39, 0.29) is 15.7 Å². The Kier molecular flexibility index (Phi) is 4.47. The fourth-order valence-corrected chi connectivity index (χ4v) is 5.63. The van der Waals surface area contributed by atoms with E-state index in [1.165, 1.54) is 0 Å². The molecule has 1 unspecified atom stereocenters. The van der Waals surface area contributed by atoms with Gasteiger partial charge in [-0.25, -0.2) is 17.2 Å². The molecule has 0 aliphatic carbocycles. The lowest BCUT2D eigenvalue weighted by molar-refractivity contribution is 0.345. The fourth-order valence-electron chi connectivity index (χ4n) is 4.32. The lowest BCUT2D eigenvalue weighted by atomic mass is 9.91. The molecule has 4 nitrogen and oxygen atoms in total. The Morgan fingerprint density at radius 2 is 1.59 bits per heavy atom. The number of hydrogen-bond acceptors (Lipinski definition) is 4. The Bertz CT molecular complexity index is 993. The second kappa shape index (κ2) is 6.56. The predicted molar refractivity (Wildman–Crippen MR) is 99.9 cm³/mol.